The smallest absolute Gasteiger partial charge is 0.240 e. The summed E-state index contributed by atoms with van der Waals surface area (Å²) in [7, 11) is 1.62. The van der Waals surface area contributed by atoms with E-state index in [-0.39, 0.29) is 6.54 Å². The number of nitrogens with two attached hydrogens (primary N) is 1. The molecule has 0 amide bonds. The van der Waals surface area contributed by atoms with Gasteiger partial charge in [-0.15, -0.1) is 0 Å². The van der Waals surface area contributed by atoms with Gasteiger partial charge >= 0.3 is 0 Å². The molecule has 5 heteroatoms. The minimum atomic E-state index is 0.239. The van der Waals surface area contributed by atoms with Gasteiger partial charge in [0.05, 0.1) is 19.2 Å². The number of aryl methyl sites for hydroxylation is 1. The second-order valence-electron chi connectivity index (χ2n) is 3.60. The van der Waals surface area contributed by atoms with Crippen LogP contribution in [0.4, 0.5) is 0 Å². The third-order valence-electron chi connectivity index (χ3n) is 2.56. The van der Waals surface area contributed by atoms with Gasteiger partial charge in [0.2, 0.25) is 11.7 Å². The lowest BCUT2D eigenvalue weighted by Crippen LogP contribution is -1.96. The molecule has 0 radical (unpaired) electrons. The summed E-state index contributed by atoms with van der Waals surface area (Å²) in [4.78, 5) is 4.20. The molecule has 0 bridgehead atoms. The van der Waals surface area contributed by atoms with Crippen molar-refractivity contribution in [2.45, 2.75) is 19.9 Å². The van der Waals surface area contributed by atoms with Gasteiger partial charge in [-0.2, -0.15) is 4.98 Å². The number of rotatable bonds is 4. The van der Waals surface area contributed by atoms with Gasteiger partial charge in [0.25, 0.3) is 0 Å². The maximum atomic E-state index is 5.44. The molecule has 1 aromatic heterocycles. The average Bonchev–Trinajstić information content (AvgIpc) is 2.86. The molecule has 0 saturated carbocycles. The van der Waals surface area contributed by atoms with E-state index in [1.807, 2.05) is 18.2 Å². The van der Waals surface area contributed by atoms with E-state index < -0.39 is 0 Å². The Kier molecular flexibility index (Phi) is 3.39. The van der Waals surface area contributed by atoms with Crippen molar-refractivity contribution in [2.24, 2.45) is 5.73 Å². The molecule has 1 heterocycles. The lowest BCUT2D eigenvalue weighted by atomic mass is 10.1. The first-order valence-corrected chi connectivity index (χ1v) is 5.48. The molecular formula is C12H15N3O2. The van der Waals surface area contributed by atoms with Gasteiger partial charge in [0, 0.05) is 0 Å². The third-order valence-corrected chi connectivity index (χ3v) is 2.56. The van der Waals surface area contributed by atoms with Crippen molar-refractivity contribution in [1.82, 2.24) is 10.1 Å². The van der Waals surface area contributed by atoms with Crippen LogP contribution in [0, 0.1) is 0 Å². The second kappa shape index (κ2) is 4.97. The van der Waals surface area contributed by atoms with Gasteiger partial charge in [0.1, 0.15) is 5.75 Å². The van der Waals surface area contributed by atoms with Crippen LogP contribution in [0.1, 0.15) is 18.4 Å². The summed E-state index contributed by atoms with van der Waals surface area (Å²) in [5, 5.41) is 3.90. The van der Waals surface area contributed by atoms with E-state index in [9.17, 15) is 0 Å². The highest BCUT2D eigenvalue weighted by Crippen LogP contribution is 2.28. The summed E-state index contributed by atoms with van der Waals surface area (Å²) in [6.45, 7) is 2.33. The number of nitrogens with zero attached hydrogens (tertiary/aromatic N) is 2. The predicted octanol–water partition coefficient (Wildman–Crippen LogP) is 1.77. The van der Waals surface area contributed by atoms with Crippen molar-refractivity contribution < 1.29 is 9.26 Å². The Morgan fingerprint density at radius 3 is 2.82 bits per heavy atom. The van der Waals surface area contributed by atoms with Crippen molar-refractivity contribution in [2.75, 3.05) is 7.11 Å². The van der Waals surface area contributed by atoms with Crippen LogP contribution in [0.3, 0.4) is 0 Å². The van der Waals surface area contributed by atoms with Gasteiger partial charge in [-0.25, -0.2) is 0 Å². The SMILES string of the molecule is CCc1ccc(OC)c(-c2noc(CN)n2)c1. The molecule has 90 valence electrons. The zero-order valence-electron chi connectivity index (χ0n) is 9.93. The molecule has 0 aliphatic carbocycles. The van der Waals surface area contributed by atoms with Gasteiger partial charge in [-0.1, -0.05) is 18.1 Å². The van der Waals surface area contributed by atoms with Crippen LogP contribution < -0.4 is 10.5 Å². The van der Waals surface area contributed by atoms with E-state index in [4.69, 9.17) is 15.0 Å². The lowest BCUT2D eigenvalue weighted by molar-refractivity contribution is 0.380. The number of hydrogen-bond donors (Lipinski definition) is 1. The van der Waals surface area contributed by atoms with Crippen LogP contribution in [0.2, 0.25) is 0 Å². The fraction of sp³-hybridized carbons (Fsp3) is 0.333. The molecule has 2 rings (SSSR count). The zero-order valence-corrected chi connectivity index (χ0v) is 9.93. The monoisotopic (exact) mass is 233 g/mol. The number of aromatic nitrogens is 2. The van der Waals surface area contributed by atoms with Crippen molar-refractivity contribution in [3.05, 3.63) is 29.7 Å². The highest BCUT2D eigenvalue weighted by atomic mass is 16.5. The summed E-state index contributed by atoms with van der Waals surface area (Å²) >= 11 is 0. The van der Waals surface area contributed by atoms with Gasteiger partial charge < -0.3 is 15.0 Å². The summed E-state index contributed by atoms with van der Waals surface area (Å²) < 4.78 is 10.3. The highest BCUT2D eigenvalue weighted by Gasteiger charge is 2.13. The zero-order chi connectivity index (χ0) is 12.3. The van der Waals surface area contributed by atoms with Crippen LogP contribution in [-0.2, 0) is 13.0 Å². The van der Waals surface area contributed by atoms with E-state index in [0.717, 1.165) is 17.7 Å². The molecule has 0 unspecified atom stereocenters. The molecular weight excluding hydrogens is 218 g/mol. The minimum Gasteiger partial charge on any atom is -0.496 e. The van der Waals surface area contributed by atoms with Gasteiger partial charge in [-0.3, -0.25) is 0 Å². The Morgan fingerprint density at radius 1 is 1.41 bits per heavy atom. The van der Waals surface area contributed by atoms with E-state index in [1.54, 1.807) is 7.11 Å². The summed E-state index contributed by atoms with van der Waals surface area (Å²) in [5.74, 6) is 1.66. The Bertz CT molecular complexity index is 508. The first-order valence-electron chi connectivity index (χ1n) is 5.48. The van der Waals surface area contributed by atoms with Crippen LogP contribution in [0.15, 0.2) is 22.7 Å². The van der Waals surface area contributed by atoms with Gasteiger partial charge in [0.15, 0.2) is 0 Å². The van der Waals surface area contributed by atoms with E-state index >= 15 is 0 Å². The van der Waals surface area contributed by atoms with Crippen molar-refractivity contribution >= 4 is 0 Å². The molecule has 2 aromatic rings. The minimum absolute atomic E-state index is 0.239. The third kappa shape index (κ3) is 2.29. The fourth-order valence-electron chi connectivity index (χ4n) is 1.60. The highest BCUT2D eigenvalue weighted by molar-refractivity contribution is 5.64. The Labute approximate surface area is 99.6 Å². The normalized spacial score (nSPS) is 10.5. The Hall–Kier alpha value is -1.88. The lowest BCUT2D eigenvalue weighted by Gasteiger charge is -2.06. The molecule has 0 atom stereocenters. The molecule has 0 fully saturated rings. The topological polar surface area (TPSA) is 74.2 Å². The first-order chi connectivity index (χ1) is 8.28. The summed E-state index contributed by atoms with van der Waals surface area (Å²) in [5.41, 5.74) is 7.46. The Morgan fingerprint density at radius 2 is 2.24 bits per heavy atom. The number of hydrogen-bond acceptors (Lipinski definition) is 5. The summed E-state index contributed by atoms with van der Waals surface area (Å²) in [6, 6.07) is 5.93. The standard InChI is InChI=1S/C12H15N3O2/c1-3-8-4-5-10(16-2)9(6-8)12-14-11(7-13)17-15-12/h4-6H,3,7,13H2,1-2H3. The fourth-order valence-corrected chi connectivity index (χ4v) is 1.60. The van der Waals surface area contributed by atoms with Crippen LogP contribution >= 0.6 is 0 Å². The van der Waals surface area contributed by atoms with Crippen molar-refractivity contribution in [3.8, 4) is 17.1 Å². The molecule has 5 nitrogen and oxygen atoms in total. The van der Waals surface area contributed by atoms with Crippen LogP contribution in [0.5, 0.6) is 5.75 Å². The van der Waals surface area contributed by atoms with Crippen molar-refractivity contribution in [1.29, 1.82) is 0 Å². The number of benzene rings is 1. The summed E-state index contributed by atoms with van der Waals surface area (Å²) in [6.07, 6.45) is 0.943. The molecule has 0 aliphatic heterocycles. The molecule has 0 aliphatic rings. The van der Waals surface area contributed by atoms with Gasteiger partial charge in [-0.05, 0) is 24.1 Å². The van der Waals surface area contributed by atoms with E-state index in [1.165, 1.54) is 5.56 Å². The van der Waals surface area contributed by atoms with Crippen molar-refractivity contribution in [3.63, 3.8) is 0 Å². The number of ether oxygens (including phenoxy) is 1. The van der Waals surface area contributed by atoms with E-state index in [0.29, 0.717) is 11.7 Å². The number of methoxy groups -OCH3 is 1. The molecule has 17 heavy (non-hydrogen) atoms. The molecule has 0 saturated heterocycles. The molecule has 2 N–H and O–H groups in total. The average molecular weight is 233 g/mol. The van der Waals surface area contributed by atoms with Crippen LogP contribution in [-0.4, -0.2) is 17.3 Å². The predicted molar refractivity (Wildman–Crippen MR) is 63.6 cm³/mol. The van der Waals surface area contributed by atoms with Crippen LogP contribution in [0.25, 0.3) is 11.4 Å². The maximum Gasteiger partial charge on any atom is 0.240 e. The molecule has 0 spiro atoms. The first kappa shape index (κ1) is 11.6. The quantitative estimate of drug-likeness (QED) is 0.871. The molecule has 1 aromatic carbocycles. The van der Waals surface area contributed by atoms with E-state index in [2.05, 4.69) is 17.1 Å². The second-order valence-corrected chi connectivity index (χ2v) is 3.60. The maximum absolute atomic E-state index is 5.44. The largest absolute Gasteiger partial charge is 0.496 e. The Balaban J connectivity index is 2.47.